The van der Waals surface area contributed by atoms with E-state index in [1.165, 1.54) is 25.4 Å². The number of nitrogens with zero attached hydrogens (tertiary/aromatic N) is 1. The van der Waals surface area contributed by atoms with Crippen molar-refractivity contribution in [3.8, 4) is 5.75 Å². The summed E-state index contributed by atoms with van der Waals surface area (Å²) < 4.78 is 9.24. The van der Waals surface area contributed by atoms with Gasteiger partial charge in [0.2, 0.25) is 11.8 Å². The summed E-state index contributed by atoms with van der Waals surface area (Å²) >= 11 is 0. The van der Waals surface area contributed by atoms with Crippen LogP contribution in [0.3, 0.4) is 0 Å². The number of anilines is 1. The van der Waals surface area contributed by atoms with Crippen LogP contribution < -0.4 is 10.6 Å². The second-order valence-corrected chi connectivity index (χ2v) is 5.07. The summed E-state index contributed by atoms with van der Waals surface area (Å²) in [6.45, 7) is 2.62. The number of methoxy groups -OCH3 is 1. The van der Waals surface area contributed by atoms with Crippen molar-refractivity contribution in [2.45, 2.75) is 19.9 Å². The molecule has 0 aliphatic heterocycles. The lowest BCUT2D eigenvalue weighted by molar-refractivity contribution is -0.147. The van der Waals surface area contributed by atoms with E-state index in [2.05, 4.69) is 20.4 Å². The fraction of sp³-hybridized carbons (Fsp3) is 0.467. The van der Waals surface area contributed by atoms with Gasteiger partial charge in [-0.1, -0.05) is 6.92 Å². The molecule has 0 aliphatic rings. The Bertz CT molecular complexity index is 592. The first kappa shape index (κ1) is 19.4. The van der Waals surface area contributed by atoms with Crippen molar-refractivity contribution in [2.24, 2.45) is 5.92 Å². The van der Waals surface area contributed by atoms with E-state index in [4.69, 9.17) is 4.74 Å². The van der Waals surface area contributed by atoms with Crippen molar-refractivity contribution in [1.29, 1.82) is 0 Å². The molecule has 0 aromatic carbocycles. The second-order valence-electron chi connectivity index (χ2n) is 5.07. The van der Waals surface area contributed by atoms with E-state index in [1.807, 2.05) is 0 Å². The Kier molecular flexibility index (Phi) is 7.63. The van der Waals surface area contributed by atoms with Gasteiger partial charge in [-0.05, 0) is 19.1 Å². The molecule has 0 spiro atoms. The third-order valence-electron chi connectivity index (χ3n) is 3.26. The van der Waals surface area contributed by atoms with Gasteiger partial charge in [0.1, 0.15) is 13.2 Å². The first-order chi connectivity index (χ1) is 11.3. The van der Waals surface area contributed by atoms with Gasteiger partial charge in [-0.25, -0.2) is 9.78 Å². The van der Waals surface area contributed by atoms with E-state index >= 15 is 0 Å². The fourth-order valence-electron chi connectivity index (χ4n) is 1.66. The van der Waals surface area contributed by atoms with Crippen molar-refractivity contribution in [2.75, 3.05) is 25.6 Å². The van der Waals surface area contributed by atoms with Crippen LogP contribution in [-0.2, 0) is 23.9 Å². The van der Waals surface area contributed by atoms with Gasteiger partial charge in [-0.2, -0.15) is 0 Å². The first-order valence-electron chi connectivity index (χ1n) is 7.24. The van der Waals surface area contributed by atoms with E-state index in [0.29, 0.717) is 0 Å². The van der Waals surface area contributed by atoms with Gasteiger partial charge in [0.15, 0.2) is 11.6 Å². The van der Waals surface area contributed by atoms with E-state index in [-0.39, 0.29) is 24.8 Å². The predicted molar refractivity (Wildman–Crippen MR) is 84.1 cm³/mol. The summed E-state index contributed by atoms with van der Waals surface area (Å²) in [5, 5.41) is 14.7. The summed E-state index contributed by atoms with van der Waals surface area (Å²) in [5.74, 6) is -2.14. The van der Waals surface area contributed by atoms with Gasteiger partial charge in [0, 0.05) is 12.2 Å². The van der Waals surface area contributed by atoms with Crippen LogP contribution in [0.4, 0.5) is 5.82 Å². The van der Waals surface area contributed by atoms with Gasteiger partial charge in [0.05, 0.1) is 13.0 Å². The van der Waals surface area contributed by atoms with Gasteiger partial charge in [-0.15, -0.1) is 0 Å². The topological polar surface area (TPSA) is 127 Å². The molecule has 9 nitrogen and oxygen atoms in total. The number of aromatic nitrogens is 1. The maximum atomic E-state index is 12.1. The number of hydrogen-bond donors (Lipinski definition) is 3. The molecule has 2 unspecified atom stereocenters. The maximum Gasteiger partial charge on any atom is 0.331 e. The number of rotatable bonds is 8. The van der Waals surface area contributed by atoms with Crippen molar-refractivity contribution in [1.82, 2.24) is 10.3 Å². The van der Waals surface area contributed by atoms with Crippen molar-refractivity contribution >= 4 is 23.6 Å². The lowest BCUT2D eigenvalue weighted by atomic mass is 10.0. The third-order valence-corrected chi connectivity index (χ3v) is 3.26. The molecular weight excluding hydrogens is 318 g/mol. The highest BCUT2D eigenvalue weighted by molar-refractivity contribution is 5.93. The number of pyridine rings is 1. The predicted octanol–water partition coefficient (Wildman–Crippen LogP) is 0.0561. The fourth-order valence-corrected chi connectivity index (χ4v) is 1.66. The molecule has 1 rings (SSSR count). The van der Waals surface area contributed by atoms with Crippen LogP contribution >= 0.6 is 0 Å². The maximum absolute atomic E-state index is 12.1. The highest BCUT2D eigenvalue weighted by Crippen LogP contribution is 2.19. The molecule has 24 heavy (non-hydrogen) atoms. The van der Waals surface area contributed by atoms with Crippen LogP contribution in [0.25, 0.3) is 0 Å². The minimum atomic E-state index is -0.587. The second kappa shape index (κ2) is 9.46. The molecule has 2 amide bonds. The minimum absolute atomic E-state index is 0.0503. The van der Waals surface area contributed by atoms with E-state index < -0.39 is 29.7 Å². The van der Waals surface area contributed by atoms with E-state index in [0.717, 1.165) is 0 Å². The summed E-state index contributed by atoms with van der Waals surface area (Å²) in [6, 6.07) is 2.44. The Morgan fingerprint density at radius 1 is 1.29 bits per heavy atom. The van der Waals surface area contributed by atoms with Crippen LogP contribution in [0, 0.1) is 5.92 Å². The zero-order valence-electron chi connectivity index (χ0n) is 13.7. The number of aromatic hydroxyl groups is 1. The SMILES string of the molecule is COC(=O)COCC(=O)NC(C)C(C)C(=O)Nc1ncccc1O. The Morgan fingerprint density at radius 2 is 2.00 bits per heavy atom. The minimum Gasteiger partial charge on any atom is -0.504 e. The van der Waals surface area contributed by atoms with Crippen LogP contribution in [-0.4, -0.2) is 54.2 Å². The molecule has 0 aliphatic carbocycles. The number of carbonyl (C=O) groups is 3. The number of amides is 2. The summed E-state index contributed by atoms with van der Waals surface area (Å²) in [6.07, 6.45) is 1.43. The lowest BCUT2D eigenvalue weighted by Gasteiger charge is -2.20. The molecule has 0 bridgehead atoms. The Hall–Kier alpha value is -2.68. The van der Waals surface area contributed by atoms with Crippen molar-refractivity contribution in [3.63, 3.8) is 0 Å². The molecule has 0 saturated heterocycles. The lowest BCUT2D eigenvalue weighted by Crippen LogP contribution is -2.43. The van der Waals surface area contributed by atoms with Gasteiger partial charge in [-0.3, -0.25) is 9.59 Å². The van der Waals surface area contributed by atoms with Gasteiger partial charge < -0.3 is 25.2 Å². The highest BCUT2D eigenvalue weighted by atomic mass is 16.6. The smallest absolute Gasteiger partial charge is 0.331 e. The molecule has 1 aromatic heterocycles. The molecule has 2 atom stereocenters. The monoisotopic (exact) mass is 339 g/mol. The highest BCUT2D eigenvalue weighted by Gasteiger charge is 2.23. The summed E-state index contributed by atoms with van der Waals surface area (Å²) in [5.41, 5.74) is 0. The average molecular weight is 339 g/mol. The Labute approximate surface area is 139 Å². The number of nitrogens with one attached hydrogen (secondary N) is 2. The largest absolute Gasteiger partial charge is 0.504 e. The van der Waals surface area contributed by atoms with Crippen LogP contribution in [0.1, 0.15) is 13.8 Å². The third kappa shape index (κ3) is 6.21. The number of esters is 1. The standard InChI is InChI=1S/C15H21N3O6/c1-9(15(22)18-14-11(19)5-4-6-16-14)10(2)17-12(20)7-24-8-13(21)23-3/h4-6,9-10,19H,7-8H2,1-3H3,(H,17,20)(H,16,18,22). The van der Waals surface area contributed by atoms with Crippen LogP contribution in [0.5, 0.6) is 5.75 Å². The van der Waals surface area contributed by atoms with Gasteiger partial charge in [0.25, 0.3) is 0 Å². The zero-order valence-corrected chi connectivity index (χ0v) is 13.7. The number of carbonyl (C=O) groups excluding carboxylic acids is 3. The average Bonchev–Trinajstić information content (AvgIpc) is 2.55. The number of hydrogen-bond acceptors (Lipinski definition) is 7. The molecule has 0 radical (unpaired) electrons. The molecular formula is C15H21N3O6. The zero-order chi connectivity index (χ0) is 18.1. The molecule has 1 heterocycles. The Morgan fingerprint density at radius 3 is 2.62 bits per heavy atom. The van der Waals surface area contributed by atoms with Crippen LogP contribution in [0.2, 0.25) is 0 Å². The van der Waals surface area contributed by atoms with Gasteiger partial charge >= 0.3 is 5.97 Å². The number of ether oxygens (including phenoxy) is 2. The first-order valence-corrected chi connectivity index (χ1v) is 7.24. The quantitative estimate of drug-likeness (QED) is 0.571. The normalized spacial score (nSPS) is 12.8. The molecule has 132 valence electrons. The van der Waals surface area contributed by atoms with Crippen molar-refractivity contribution in [3.05, 3.63) is 18.3 Å². The van der Waals surface area contributed by atoms with Crippen LogP contribution in [0.15, 0.2) is 18.3 Å². The van der Waals surface area contributed by atoms with Crippen molar-refractivity contribution < 1.29 is 29.0 Å². The molecule has 1 aromatic rings. The summed E-state index contributed by atoms with van der Waals surface area (Å²) in [4.78, 5) is 38.5. The Balaban J connectivity index is 2.44. The van der Waals surface area contributed by atoms with E-state index in [9.17, 15) is 19.5 Å². The van der Waals surface area contributed by atoms with E-state index in [1.54, 1.807) is 13.8 Å². The molecule has 3 N–H and O–H groups in total. The molecule has 0 fully saturated rings. The molecule has 9 heteroatoms. The summed E-state index contributed by atoms with van der Waals surface area (Å²) in [7, 11) is 1.22. The molecule has 0 saturated carbocycles.